The third kappa shape index (κ3) is 4.00. The number of aromatic nitrogens is 5. The third-order valence-electron chi connectivity index (χ3n) is 6.53. The van der Waals surface area contributed by atoms with E-state index in [4.69, 9.17) is 11.6 Å². The number of hydrogen-bond donors (Lipinski definition) is 2. The third-order valence-corrected chi connectivity index (χ3v) is 6.83. The van der Waals surface area contributed by atoms with Crippen LogP contribution in [0.25, 0.3) is 16.6 Å². The summed E-state index contributed by atoms with van der Waals surface area (Å²) in [6, 6.07) is 5.89. The first-order valence-electron chi connectivity index (χ1n) is 11.8. The quantitative estimate of drug-likeness (QED) is 0.438. The van der Waals surface area contributed by atoms with Crippen molar-refractivity contribution in [2.75, 3.05) is 23.3 Å². The molecule has 6 rings (SSSR count). The van der Waals surface area contributed by atoms with Crippen LogP contribution < -0.4 is 15.5 Å². The average molecular weight is 497 g/mol. The van der Waals surface area contributed by atoms with Gasteiger partial charge in [0.05, 0.1) is 27.8 Å². The number of piperazine rings is 1. The van der Waals surface area contributed by atoms with Crippen molar-refractivity contribution in [3.05, 3.63) is 41.1 Å². The maximum absolute atomic E-state index is 14.6. The molecule has 0 spiro atoms. The van der Waals surface area contributed by atoms with E-state index in [0.717, 1.165) is 31.6 Å². The Labute approximate surface area is 206 Å². The Morgan fingerprint density at radius 1 is 1.17 bits per heavy atom. The van der Waals surface area contributed by atoms with Crippen LogP contribution in [-0.4, -0.2) is 55.5 Å². The van der Waals surface area contributed by atoms with Gasteiger partial charge in [-0.15, -0.1) is 5.10 Å². The zero-order valence-corrected chi connectivity index (χ0v) is 20.5. The van der Waals surface area contributed by atoms with Crippen LogP contribution in [0, 0.1) is 18.7 Å². The van der Waals surface area contributed by atoms with Crippen LogP contribution in [-0.2, 0) is 0 Å². The highest BCUT2D eigenvalue weighted by Gasteiger charge is 2.34. The van der Waals surface area contributed by atoms with Crippen molar-refractivity contribution in [2.24, 2.45) is 5.92 Å². The molecule has 2 N–H and O–H groups in total. The van der Waals surface area contributed by atoms with E-state index in [2.05, 4.69) is 44.6 Å². The number of benzene rings is 1. The Morgan fingerprint density at radius 2 is 1.91 bits per heavy atom. The second kappa shape index (κ2) is 8.17. The van der Waals surface area contributed by atoms with E-state index in [1.807, 2.05) is 12.1 Å². The number of nitrogens with one attached hydrogen (secondary N) is 2. The highest BCUT2D eigenvalue weighted by atomic mass is 35.5. The number of carbonyl (C=O) groups is 1. The van der Waals surface area contributed by atoms with Gasteiger partial charge in [-0.1, -0.05) is 11.6 Å². The Bertz CT molecular complexity index is 1470. The van der Waals surface area contributed by atoms with E-state index in [1.165, 1.54) is 15.3 Å². The maximum atomic E-state index is 14.6. The van der Waals surface area contributed by atoms with Gasteiger partial charge in [0.1, 0.15) is 5.82 Å². The molecule has 35 heavy (non-hydrogen) atoms. The fourth-order valence-corrected chi connectivity index (χ4v) is 5.22. The minimum atomic E-state index is -0.510. The van der Waals surface area contributed by atoms with Gasteiger partial charge in [0, 0.05) is 42.8 Å². The van der Waals surface area contributed by atoms with Crippen LogP contribution in [0.1, 0.15) is 37.3 Å². The van der Waals surface area contributed by atoms with Crippen LogP contribution in [0.3, 0.4) is 0 Å². The molecular formula is C24H26ClFN8O. The van der Waals surface area contributed by atoms with Gasteiger partial charge in [-0.05, 0) is 45.7 Å². The first-order valence-corrected chi connectivity index (χ1v) is 12.2. The van der Waals surface area contributed by atoms with Gasteiger partial charge in [0.2, 0.25) is 0 Å². The summed E-state index contributed by atoms with van der Waals surface area (Å²) in [5, 5.41) is 16.6. The van der Waals surface area contributed by atoms with Crippen LogP contribution in [0.15, 0.2) is 24.4 Å². The minimum Gasteiger partial charge on any atom is -0.368 e. The fourth-order valence-electron chi connectivity index (χ4n) is 4.92. The summed E-state index contributed by atoms with van der Waals surface area (Å²) >= 11 is 6.82. The SMILES string of the molecule is Cc1nc2c(F)cc(Nc3nn(C(=O)C4CC4)c4cc(N5C[C@@H](C)N[C@@H](C)C5)cc(Cl)c34)cn2n1. The number of pyridine rings is 1. The molecule has 1 saturated carbocycles. The zero-order chi connectivity index (χ0) is 24.4. The Kier molecular flexibility index (Phi) is 5.19. The molecule has 3 aromatic heterocycles. The molecule has 1 aliphatic heterocycles. The average Bonchev–Trinajstić information content (AvgIpc) is 3.48. The molecule has 9 nitrogen and oxygen atoms in total. The number of nitrogens with zero attached hydrogens (tertiary/aromatic N) is 6. The number of fused-ring (bicyclic) bond motifs is 2. The van der Waals surface area contributed by atoms with Crippen molar-refractivity contribution in [1.82, 2.24) is 29.7 Å². The molecule has 0 amide bonds. The van der Waals surface area contributed by atoms with Gasteiger partial charge in [0.25, 0.3) is 5.91 Å². The fraction of sp³-hybridized carbons (Fsp3) is 0.417. The lowest BCUT2D eigenvalue weighted by Gasteiger charge is -2.37. The molecule has 182 valence electrons. The zero-order valence-electron chi connectivity index (χ0n) is 19.7. The van der Waals surface area contributed by atoms with Crippen molar-refractivity contribution < 1.29 is 9.18 Å². The second-order valence-corrected chi connectivity index (χ2v) is 10.1. The van der Waals surface area contributed by atoms with E-state index in [-0.39, 0.29) is 17.5 Å². The molecule has 4 aromatic rings. The molecule has 4 heterocycles. The summed E-state index contributed by atoms with van der Waals surface area (Å²) in [6.07, 6.45) is 3.35. The number of aryl methyl sites for hydroxylation is 1. The lowest BCUT2D eigenvalue weighted by molar-refractivity contribution is 0.0876. The van der Waals surface area contributed by atoms with Gasteiger partial charge in [-0.2, -0.15) is 9.78 Å². The number of halogens is 2. The lowest BCUT2D eigenvalue weighted by Crippen LogP contribution is -2.54. The molecular weight excluding hydrogens is 471 g/mol. The first-order chi connectivity index (χ1) is 16.8. The van der Waals surface area contributed by atoms with E-state index < -0.39 is 5.82 Å². The van der Waals surface area contributed by atoms with E-state index >= 15 is 0 Å². The van der Waals surface area contributed by atoms with Crippen LogP contribution in [0.4, 0.5) is 21.6 Å². The van der Waals surface area contributed by atoms with Gasteiger partial charge in [-0.3, -0.25) is 4.79 Å². The molecule has 1 aromatic carbocycles. The molecule has 2 aliphatic rings. The van der Waals surface area contributed by atoms with Crippen LogP contribution in [0.5, 0.6) is 0 Å². The van der Waals surface area contributed by atoms with Crippen molar-refractivity contribution in [3.8, 4) is 0 Å². The highest BCUT2D eigenvalue weighted by molar-refractivity contribution is 6.37. The number of rotatable bonds is 4. The minimum absolute atomic E-state index is 0.0282. The monoisotopic (exact) mass is 496 g/mol. The normalized spacial score (nSPS) is 20.7. The van der Waals surface area contributed by atoms with E-state index in [9.17, 15) is 9.18 Å². The summed E-state index contributed by atoms with van der Waals surface area (Å²) < 4.78 is 17.5. The highest BCUT2D eigenvalue weighted by Crippen LogP contribution is 2.39. The summed E-state index contributed by atoms with van der Waals surface area (Å²) in [5.74, 6) is 0.274. The maximum Gasteiger partial charge on any atom is 0.250 e. The number of anilines is 3. The summed E-state index contributed by atoms with van der Waals surface area (Å²) in [6.45, 7) is 7.67. The molecule has 2 fully saturated rings. The smallest absolute Gasteiger partial charge is 0.250 e. The lowest BCUT2D eigenvalue weighted by atomic mass is 10.1. The standard InChI is InChI=1S/C24H26ClFN8O/c1-12-9-32(10-13(2)27-12)17-7-18(25)21-20(8-17)34(24(35)15-4-5-15)31-22(21)29-16-6-19(26)23-28-14(3)30-33(23)11-16/h6-8,11-13,15,27H,4-5,9-10H2,1-3H3,(H,29,31)/t12-,13+. The summed E-state index contributed by atoms with van der Waals surface area (Å²) in [7, 11) is 0. The second-order valence-electron chi connectivity index (χ2n) is 9.70. The number of carbonyl (C=O) groups excluding carboxylic acids is 1. The van der Waals surface area contributed by atoms with Gasteiger partial charge >= 0.3 is 0 Å². The topological polar surface area (TPSA) is 92.4 Å². The van der Waals surface area contributed by atoms with E-state index in [0.29, 0.717) is 45.3 Å². The Balaban J connectivity index is 1.45. The van der Waals surface area contributed by atoms with E-state index in [1.54, 1.807) is 13.1 Å². The van der Waals surface area contributed by atoms with Gasteiger partial charge < -0.3 is 15.5 Å². The predicted octanol–water partition coefficient (Wildman–Crippen LogP) is 4.16. The summed E-state index contributed by atoms with van der Waals surface area (Å²) in [5.41, 5.74) is 2.16. The summed E-state index contributed by atoms with van der Waals surface area (Å²) in [4.78, 5) is 19.5. The van der Waals surface area contributed by atoms with Crippen LogP contribution in [0.2, 0.25) is 5.02 Å². The Morgan fingerprint density at radius 3 is 2.63 bits per heavy atom. The molecule has 0 radical (unpaired) electrons. The Hall–Kier alpha value is -3.24. The molecule has 1 aliphatic carbocycles. The van der Waals surface area contributed by atoms with Crippen molar-refractivity contribution in [2.45, 2.75) is 45.7 Å². The van der Waals surface area contributed by atoms with Crippen molar-refractivity contribution >= 4 is 51.3 Å². The predicted molar refractivity (Wildman–Crippen MR) is 133 cm³/mol. The molecule has 0 bridgehead atoms. The molecule has 2 atom stereocenters. The molecule has 11 heteroatoms. The largest absolute Gasteiger partial charge is 0.368 e. The molecule has 1 saturated heterocycles. The first kappa shape index (κ1) is 22.2. The van der Waals surface area contributed by atoms with Gasteiger partial charge in [-0.25, -0.2) is 13.9 Å². The number of hydrogen-bond acceptors (Lipinski definition) is 7. The van der Waals surface area contributed by atoms with Gasteiger partial charge in [0.15, 0.2) is 17.3 Å². The van der Waals surface area contributed by atoms with Crippen molar-refractivity contribution in [3.63, 3.8) is 0 Å². The molecule has 0 unspecified atom stereocenters. The van der Waals surface area contributed by atoms with Crippen LogP contribution >= 0.6 is 11.6 Å². The van der Waals surface area contributed by atoms with Crippen molar-refractivity contribution in [1.29, 1.82) is 0 Å².